The lowest BCUT2D eigenvalue weighted by molar-refractivity contribution is -0.138. The molecular weight excluding hydrogens is 438 g/mol. The number of nitrogens with zero attached hydrogens (tertiary/aromatic N) is 4. The Balaban J connectivity index is 1.39. The van der Waals surface area contributed by atoms with Crippen molar-refractivity contribution in [1.29, 1.82) is 0 Å². The minimum atomic E-state index is -0.200. The lowest BCUT2D eigenvalue weighted by Crippen LogP contribution is -2.50. The molecule has 7 heteroatoms. The first-order valence-electron chi connectivity index (χ1n) is 13.1. The summed E-state index contributed by atoms with van der Waals surface area (Å²) in [5, 5.41) is 2.96. The maximum Gasteiger partial charge on any atom is 0.253 e. The molecule has 184 valence electrons. The third kappa shape index (κ3) is 5.39. The summed E-state index contributed by atoms with van der Waals surface area (Å²) >= 11 is 0. The third-order valence-electron chi connectivity index (χ3n) is 7.58. The van der Waals surface area contributed by atoms with Crippen molar-refractivity contribution in [2.45, 2.75) is 89.4 Å². The second-order valence-electron chi connectivity index (χ2n) is 9.91. The zero-order valence-corrected chi connectivity index (χ0v) is 20.4. The van der Waals surface area contributed by atoms with E-state index in [9.17, 15) is 9.59 Å². The summed E-state index contributed by atoms with van der Waals surface area (Å²) in [6.07, 6.45) is 15.0. The molecule has 0 unspecified atom stereocenters. The van der Waals surface area contributed by atoms with E-state index in [4.69, 9.17) is 4.98 Å². The van der Waals surface area contributed by atoms with Crippen LogP contribution in [0.4, 0.5) is 0 Å². The van der Waals surface area contributed by atoms with Crippen LogP contribution in [-0.4, -0.2) is 43.3 Å². The molecule has 2 heterocycles. The van der Waals surface area contributed by atoms with Gasteiger partial charge in [-0.2, -0.15) is 0 Å². The number of para-hydroxylation sites is 2. The Morgan fingerprint density at radius 1 is 0.914 bits per heavy atom. The van der Waals surface area contributed by atoms with Crippen molar-refractivity contribution in [3.63, 3.8) is 0 Å². The molecule has 0 aliphatic heterocycles. The Labute approximate surface area is 206 Å². The van der Waals surface area contributed by atoms with Gasteiger partial charge in [0.05, 0.1) is 23.1 Å². The van der Waals surface area contributed by atoms with Crippen LogP contribution in [0.25, 0.3) is 11.0 Å². The standard InChI is InChI=1S/C28H35N5O2/c34-27(33(22-11-3-1-4-12-22)23-13-5-2-6-14-23)20-32-25-16-8-7-15-24(25)31-26(32)19-30-28(35)21-10-9-17-29-18-21/h7-10,15-18,22-23H,1-6,11-14,19-20H2,(H,30,35). The highest BCUT2D eigenvalue weighted by atomic mass is 16.2. The normalized spacial score (nSPS) is 17.4. The summed E-state index contributed by atoms with van der Waals surface area (Å²) in [5.41, 5.74) is 2.28. The molecule has 0 radical (unpaired) electrons. The molecule has 0 atom stereocenters. The summed E-state index contributed by atoms with van der Waals surface area (Å²) in [4.78, 5) is 37.6. The van der Waals surface area contributed by atoms with Gasteiger partial charge in [0, 0.05) is 24.5 Å². The van der Waals surface area contributed by atoms with Crippen molar-refractivity contribution in [3.8, 4) is 0 Å². The third-order valence-corrected chi connectivity index (χ3v) is 7.58. The fraction of sp³-hybridized carbons (Fsp3) is 0.500. The number of nitrogens with one attached hydrogen (secondary N) is 1. The topological polar surface area (TPSA) is 80.1 Å². The number of amides is 2. The second kappa shape index (κ2) is 11.0. The van der Waals surface area contributed by atoms with Crippen LogP contribution in [0, 0.1) is 0 Å². The van der Waals surface area contributed by atoms with E-state index in [1.807, 2.05) is 28.8 Å². The van der Waals surface area contributed by atoms with Crippen LogP contribution in [0.1, 0.15) is 80.4 Å². The Hall–Kier alpha value is -3.22. The van der Waals surface area contributed by atoms with Crippen molar-refractivity contribution >= 4 is 22.8 Å². The maximum absolute atomic E-state index is 13.9. The average molecular weight is 474 g/mol. The van der Waals surface area contributed by atoms with Gasteiger partial charge in [0.25, 0.3) is 5.91 Å². The summed E-state index contributed by atoms with van der Waals surface area (Å²) in [6, 6.07) is 12.1. The van der Waals surface area contributed by atoms with Gasteiger partial charge in [-0.15, -0.1) is 0 Å². The van der Waals surface area contributed by atoms with Crippen LogP contribution in [0.15, 0.2) is 48.8 Å². The number of rotatable bonds is 7. The summed E-state index contributed by atoms with van der Waals surface area (Å²) in [7, 11) is 0. The van der Waals surface area contributed by atoms with Crippen molar-refractivity contribution in [2.24, 2.45) is 0 Å². The molecule has 0 spiro atoms. The van der Waals surface area contributed by atoms with E-state index in [1.165, 1.54) is 38.5 Å². The van der Waals surface area contributed by atoms with Gasteiger partial charge < -0.3 is 14.8 Å². The lowest BCUT2D eigenvalue weighted by atomic mass is 9.88. The van der Waals surface area contributed by atoms with Gasteiger partial charge in [-0.25, -0.2) is 4.98 Å². The highest BCUT2D eigenvalue weighted by Gasteiger charge is 2.33. The Bertz CT molecular complexity index is 1130. The molecule has 2 aromatic heterocycles. The summed E-state index contributed by atoms with van der Waals surface area (Å²) < 4.78 is 2.00. The van der Waals surface area contributed by atoms with Crippen molar-refractivity contribution < 1.29 is 9.59 Å². The first-order valence-corrected chi connectivity index (χ1v) is 13.1. The molecule has 2 saturated carbocycles. The minimum Gasteiger partial charge on any atom is -0.345 e. The van der Waals surface area contributed by atoms with E-state index in [0.717, 1.165) is 36.7 Å². The first-order chi connectivity index (χ1) is 17.2. The molecule has 35 heavy (non-hydrogen) atoms. The Morgan fingerprint density at radius 3 is 2.26 bits per heavy atom. The summed E-state index contributed by atoms with van der Waals surface area (Å²) in [5.74, 6) is 0.685. The zero-order valence-electron chi connectivity index (χ0n) is 20.4. The highest BCUT2D eigenvalue weighted by molar-refractivity contribution is 5.93. The minimum absolute atomic E-state index is 0.187. The largest absolute Gasteiger partial charge is 0.345 e. The van der Waals surface area contributed by atoms with Crippen molar-refractivity contribution in [1.82, 2.24) is 24.8 Å². The van der Waals surface area contributed by atoms with Crippen LogP contribution < -0.4 is 5.32 Å². The molecule has 2 amide bonds. The van der Waals surface area contributed by atoms with Crippen LogP contribution >= 0.6 is 0 Å². The fourth-order valence-electron chi connectivity index (χ4n) is 5.84. The van der Waals surface area contributed by atoms with E-state index in [1.54, 1.807) is 24.5 Å². The summed E-state index contributed by atoms with van der Waals surface area (Å²) in [6.45, 7) is 0.508. The van der Waals surface area contributed by atoms with E-state index >= 15 is 0 Å². The second-order valence-corrected chi connectivity index (χ2v) is 9.91. The molecule has 7 nitrogen and oxygen atoms in total. The fourth-order valence-corrected chi connectivity index (χ4v) is 5.84. The van der Waals surface area contributed by atoms with Gasteiger partial charge in [0.2, 0.25) is 5.91 Å². The average Bonchev–Trinajstić information content (AvgIpc) is 3.26. The van der Waals surface area contributed by atoms with Gasteiger partial charge in [-0.05, 0) is 49.9 Å². The number of hydrogen-bond donors (Lipinski definition) is 1. The number of carbonyl (C=O) groups excluding carboxylic acids is 2. The quantitative estimate of drug-likeness (QED) is 0.532. The molecule has 1 N–H and O–H groups in total. The van der Waals surface area contributed by atoms with Crippen LogP contribution in [0.3, 0.4) is 0 Å². The SMILES string of the molecule is O=C(NCc1nc2ccccc2n1CC(=O)N(C1CCCCC1)C1CCCCC1)c1cccnc1. The number of fused-ring (bicyclic) bond motifs is 1. The molecule has 2 aliphatic carbocycles. The van der Waals surface area contributed by atoms with Gasteiger partial charge in [0.1, 0.15) is 12.4 Å². The predicted molar refractivity (Wildman–Crippen MR) is 136 cm³/mol. The van der Waals surface area contributed by atoms with Gasteiger partial charge in [0.15, 0.2) is 0 Å². The molecule has 0 bridgehead atoms. The Morgan fingerprint density at radius 2 is 1.60 bits per heavy atom. The van der Waals surface area contributed by atoms with Crippen LogP contribution in [0.2, 0.25) is 0 Å². The predicted octanol–water partition coefficient (Wildman–Crippen LogP) is 4.86. The maximum atomic E-state index is 13.9. The molecule has 3 aromatic rings. The molecule has 0 saturated heterocycles. The molecule has 2 aliphatic rings. The monoisotopic (exact) mass is 473 g/mol. The molecule has 5 rings (SSSR count). The number of pyridine rings is 1. The van der Waals surface area contributed by atoms with Gasteiger partial charge in [-0.1, -0.05) is 50.7 Å². The lowest BCUT2D eigenvalue weighted by Gasteiger charge is -2.42. The zero-order chi connectivity index (χ0) is 24.0. The molecule has 2 fully saturated rings. The van der Waals surface area contributed by atoms with Crippen LogP contribution in [-0.2, 0) is 17.9 Å². The number of aromatic nitrogens is 3. The van der Waals surface area contributed by atoms with Crippen molar-refractivity contribution in [2.75, 3.05) is 0 Å². The molecule has 1 aromatic carbocycles. The molecular formula is C28H35N5O2. The highest BCUT2D eigenvalue weighted by Crippen LogP contribution is 2.31. The van der Waals surface area contributed by atoms with E-state index in [0.29, 0.717) is 23.5 Å². The number of carbonyl (C=O) groups is 2. The van der Waals surface area contributed by atoms with E-state index in [2.05, 4.69) is 15.2 Å². The smallest absolute Gasteiger partial charge is 0.253 e. The number of benzene rings is 1. The van der Waals surface area contributed by atoms with E-state index in [-0.39, 0.29) is 24.9 Å². The van der Waals surface area contributed by atoms with E-state index < -0.39 is 0 Å². The Kier molecular flexibility index (Phi) is 7.40. The van der Waals surface area contributed by atoms with Gasteiger partial charge >= 0.3 is 0 Å². The first kappa shape index (κ1) is 23.5. The van der Waals surface area contributed by atoms with Crippen LogP contribution in [0.5, 0.6) is 0 Å². The van der Waals surface area contributed by atoms with Crippen molar-refractivity contribution in [3.05, 3.63) is 60.2 Å². The number of imidazole rings is 1. The number of hydrogen-bond acceptors (Lipinski definition) is 4. The van der Waals surface area contributed by atoms with Gasteiger partial charge in [-0.3, -0.25) is 14.6 Å².